The smallest absolute Gasteiger partial charge is 0.0308 e. The molecule has 0 aromatic rings. The largest absolute Gasteiger partial charge is 0.225 e. The zero-order valence-corrected chi connectivity index (χ0v) is 16.0. The molecule has 1 aliphatic rings. The minimum Gasteiger partial charge on any atom is -0.225 e. The Morgan fingerprint density at radius 2 is 1.14 bits per heavy atom. The van der Waals surface area contributed by atoms with Crippen molar-refractivity contribution in [3.63, 3.8) is 0 Å². The third-order valence-corrected chi connectivity index (χ3v) is 6.26. The number of nitrogens with one attached hydrogen (secondary N) is 1. The summed E-state index contributed by atoms with van der Waals surface area (Å²) < 4.78 is 0. The van der Waals surface area contributed by atoms with E-state index in [9.17, 15) is 0 Å². The van der Waals surface area contributed by atoms with Gasteiger partial charge < -0.3 is 0 Å². The highest BCUT2D eigenvalue weighted by Crippen LogP contribution is 2.37. The number of nitrogens with zero attached hydrogens (tertiary/aromatic N) is 2. The van der Waals surface area contributed by atoms with E-state index in [1.165, 1.54) is 6.42 Å². The Morgan fingerprint density at radius 3 is 1.43 bits per heavy atom. The van der Waals surface area contributed by atoms with Gasteiger partial charge in [-0.15, -0.1) is 0 Å². The monoisotopic (exact) mass is 297 g/mol. The Bertz CT molecular complexity index is 275. The minimum absolute atomic E-state index is 0.185. The van der Waals surface area contributed by atoms with E-state index in [0.717, 1.165) is 25.9 Å². The zero-order chi connectivity index (χ0) is 16.5. The fraction of sp³-hybridized carbons (Fsp3) is 1.00. The summed E-state index contributed by atoms with van der Waals surface area (Å²) in [7, 11) is 0. The highest BCUT2D eigenvalue weighted by molar-refractivity contribution is 4.92. The maximum atomic E-state index is 3.73. The van der Waals surface area contributed by atoms with Gasteiger partial charge in [0.2, 0.25) is 0 Å². The first-order valence-corrected chi connectivity index (χ1v) is 8.81. The van der Waals surface area contributed by atoms with Crippen LogP contribution in [0.15, 0.2) is 0 Å². The van der Waals surface area contributed by atoms with E-state index in [1.807, 2.05) is 0 Å². The molecule has 0 spiro atoms. The predicted molar refractivity (Wildman–Crippen MR) is 92.8 cm³/mol. The Balaban J connectivity index is 3.05. The summed E-state index contributed by atoms with van der Waals surface area (Å²) in [5.74, 6) is 0.695. The molecule has 0 aromatic carbocycles. The second kappa shape index (κ2) is 6.55. The number of hydrogen-bond donors (Lipinski definition) is 1. The topological polar surface area (TPSA) is 18.5 Å². The SMILES string of the molecule is CCC(C)(C)C1CN(C(C)(C)CC)NN(C(C)(C)CC)C1. The first kappa shape index (κ1) is 18.9. The lowest BCUT2D eigenvalue weighted by molar-refractivity contribution is -0.153. The van der Waals surface area contributed by atoms with E-state index < -0.39 is 0 Å². The summed E-state index contributed by atoms with van der Waals surface area (Å²) in [6, 6.07) is 0. The van der Waals surface area contributed by atoms with Crippen molar-refractivity contribution < 1.29 is 0 Å². The van der Waals surface area contributed by atoms with Gasteiger partial charge in [-0.25, -0.2) is 10.0 Å². The van der Waals surface area contributed by atoms with Crippen molar-refractivity contribution in [2.75, 3.05) is 13.1 Å². The van der Waals surface area contributed by atoms with Gasteiger partial charge >= 0.3 is 0 Å². The van der Waals surface area contributed by atoms with Gasteiger partial charge in [0.15, 0.2) is 0 Å². The summed E-state index contributed by atoms with van der Waals surface area (Å²) in [5.41, 5.74) is 4.48. The highest BCUT2D eigenvalue weighted by Gasteiger charge is 2.42. The maximum absolute atomic E-state index is 3.73. The molecule has 1 fully saturated rings. The van der Waals surface area contributed by atoms with Crippen molar-refractivity contribution in [2.24, 2.45) is 11.3 Å². The van der Waals surface area contributed by atoms with Crippen molar-refractivity contribution in [3.8, 4) is 0 Å². The molecule has 0 aromatic heterocycles. The molecule has 0 atom stereocenters. The van der Waals surface area contributed by atoms with Crippen molar-refractivity contribution in [3.05, 3.63) is 0 Å². The van der Waals surface area contributed by atoms with E-state index >= 15 is 0 Å². The van der Waals surface area contributed by atoms with Crippen LogP contribution >= 0.6 is 0 Å². The average molecular weight is 298 g/mol. The number of hydrogen-bond acceptors (Lipinski definition) is 3. The summed E-state index contributed by atoms with van der Waals surface area (Å²) in [5, 5.41) is 4.96. The molecule has 3 heteroatoms. The van der Waals surface area contributed by atoms with E-state index in [0.29, 0.717) is 11.3 Å². The van der Waals surface area contributed by atoms with Crippen LogP contribution in [0.2, 0.25) is 0 Å². The average Bonchev–Trinajstić information content (AvgIpc) is 2.46. The predicted octanol–water partition coefficient (Wildman–Crippen LogP) is 4.45. The molecule has 126 valence electrons. The minimum atomic E-state index is 0.185. The maximum Gasteiger partial charge on any atom is 0.0308 e. The van der Waals surface area contributed by atoms with Gasteiger partial charge in [0.05, 0.1) is 0 Å². The zero-order valence-electron chi connectivity index (χ0n) is 16.0. The van der Waals surface area contributed by atoms with Crippen LogP contribution in [0.25, 0.3) is 0 Å². The highest BCUT2D eigenvalue weighted by atomic mass is 15.8. The Labute approximate surface area is 133 Å². The molecular weight excluding hydrogens is 258 g/mol. The van der Waals surface area contributed by atoms with Crippen molar-refractivity contribution in [1.29, 1.82) is 0 Å². The summed E-state index contributed by atoms with van der Waals surface area (Å²) in [6.45, 7) is 23.4. The molecular formula is C18H39N3. The molecule has 21 heavy (non-hydrogen) atoms. The molecule has 1 aliphatic heterocycles. The first-order valence-electron chi connectivity index (χ1n) is 8.81. The van der Waals surface area contributed by atoms with Crippen LogP contribution in [-0.4, -0.2) is 34.2 Å². The van der Waals surface area contributed by atoms with E-state index in [2.05, 4.69) is 77.9 Å². The van der Waals surface area contributed by atoms with Crippen LogP contribution < -0.4 is 5.53 Å². The molecule has 1 heterocycles. The Hall–Kier alpha value is -0.120. The molecule has 0 saturated carbocycles. The standard InChI is InChI=1S/C18H39N3/c1-10-16(4,5)15-13-20(17(6,7)11-2)19-21(14-15)18(8,9)12-3/h15,19H,10-14H2,1-9H3. The molecule has 1 saturated heterocycles. The molecule has 0 amide bonds. The van der Waals surface area contributed by atoms with E-state index in [4.69, 9.17) is 0 Å². The molecule has 0 aliphatic carbocycles. The number of hydrazine groups is 2. The molecule has 3 nitrogen and oxygen atoms in total. The molecule has 0 radical (unpaired) electrons. The van der Waals surface area contributed by atoms with Crippen LogP contribution in [0, 0.1) is 11.3 Å². The molecule has 0 bridgehead atoms. The summed E-state index contributed by atoms with van der Waals surface area (Å²) in [6.07, 6.45) is 3.54. The van der Waals surface area contributed by atoms with Crippen LogP contribution in [0.3, 0.4) is 0 Å². The number of rotatable bonds is 6. The van der Waals surface area contributed by atoms with Crippen molar-refractivity contribution >= 4 is 0 Å². The van der Waals surface area contributed by atoms with Gasteiger partial charge in [0.1, 0.15) is 0 Å². The Morgan fingerprint density at radius 1 is 0.762 bits per heavy atom. The van der Waals surface area contributed by atoms with Crippen LogP contribution in [0.4, 0.5) is 0 Å². The van der Waals surface area contributed by atoms with Gasteiger partial charge in [-0.2, -0.15) is 5.53 Å². The Kier molecular flexibility index (Phi) is 5.91. The lowest BCUT2D eigenvalue weighted by Crippen LogP contribution is -2.70. The quantitative estimate of drug-likeness (QED) is 0.781. The molecule has 1 N–H and O–H groups in total. The van der Waals surface area contributed by atoms with Gasteiger partial charge in [-0.3, -0.25) is 0 Å². The van der Waals surface area contributed by atoms with E-state index in [-0.39, 0.29) is 11.1 Å². The fourth-order valence-electron chi connectivity index (χ4n) is 2.66. The third-order valence-electron chi connectivity index (χ3n) is 6.26. The molecule has 1 rings (SSSR count). The van der Waals surface area contributed by atoms with Gasteiger partial charge in [0.25, 0.3) is 0 Å². The first-order chi connectivity index (χ1) is 9.50. The van der Waals surface area contributed by atoms with Crippen molar-refractivity contribution in [2.45, 2.75) is 92.7 Å². The van der Waals surface area contributed by atoms with Crippen LogP contribution in [0.1, 0.15) is 81.6 Å². The van der Waals surface area contributed by atoms with Gasteiger partial charge in [-0.1, -0.05) is 41.0 Å². The van der Waals surface area contributed by atoms with E-state index in [1.54, 1.807) is 0 Å². The lowest BCUT2D eigenvalue weighted by Gasteiger charge is -2.55. The lowest BCUT2D eigenvalue weighted by atomic mass is 9.75. The molecule has 0 unspecified atom stereocenters. The van der Waals surface area contributed by atoms with Gasteiger partial charge in [-0.05, 0) is 51.9 Å². The fourth-order valence-corrected chi connectivity index (χ4v) is 2.66. The summed E-state index contributed by atoms with van der Waals surface area (Å²) >= 11 is 0. The van der Waals surface area contributed by atoms with Crippen molar-refractivity contribution in [1.82, 2.24) is 15.6 Å². The van der Waals surface area contributed by atoms with Gasteiger partial charge in [0, 0.05) is 24.2 Å². The van der Waals surface area contributed by atoms with Crippen LogP contribution in [-0.2, 0) is 0 Å². The third kappa shape index (κ3) is 4.20. The normalized spacial score (nSPS) is 21.0. The summed E-state index contributed by atoms with van der Waals surface area (Å²) in [4.78, 5) is 0. The van der Waals surface area contributed by atoms with Crippen LogP contribution in [0.5, 0.6) is 0 Å². The second-order valence-electron chi connectivity index (χ2n) is 8.69. The second-order valence-corrected chi connectivity index (χ2v) is 8.69.